The summed E-state index contributed by atoms with van der Waals surface area (Å²) in [5.74, 6) is 2.07. The zero-order chi connectivity index (χ0) is 9.26. The van der Waals surface area contributed by atoms with Crippen LogP contribution in [-0.4, -0.2) is 23.1 Å². The van der Waals surface area contributed by atoms with Gasteiger partial charge in [0.25, 0.3) is 0 Å². The maximum absolute atomic E-state index is 5.51. The summed E-state index contributed by atoms with van der Waals surface area (Å²) in [7, 11) is 0. The number of aromatic nitrogens is 2. The molecule has 1 fully saturated rings. The Morgan fingerprint density at radius 1 is 1.62 bits per heavy atom. The first kappa shape index (κ1) is 8.29. The van der Waals surface area contributed by atoms with Crippen molar-refractivity contribution in [1.82, 2.24) is 9.97 Å². The molecule has 70 valence electrons. The molecule has 1 aromatic rings. The quantitative estimate of drug-likeness (QED) is 0.694. The van der Waals surface area contributed by atoms with Gasteiger partial charge in [-0.1, -0.05) is 6.92 Å². The van der Waals surface area contributed by atoms with E-state index >= 15 is 0 Å². The van der Waals surface area contributed by atoms with Gasteiger partial charge >= 0.3 is 0 Å². The molecule has 2 heterocycles. The summed E-state index contributed by atoms with van der Waals surface area (Å²) in [6.45, 7) is 4.42. The predicted molar refractivity (Wildman–Crippen MR) is 52.4 cm³/mol. The Hall–Kier alpha value is -1.32. The van der Waals surface area contributed by atoms with E-state index < -0.39 is 0 Å². The van der Waals surface area contributed by atoms with Crippen LogP contribution in [0.15, 0.2) is 12.3 Å². The Bertz CT molecular complexity index is 299. The molecular formula is C9H14N4. The van der Waals surface area contributed by atoms with Gasteiger partial charge in [-0.2, -0.15) is 4.98 Å². The smallest absolute Gasteiger partial charge is 0.221 e. The maximum Gasteiger partial charge on any atom is 0.221 e. The van der Waals surface area contributed by atoms with E-state index in [9.17, 15) is 0 Å². The van der Waals surface area contributed by atoms with Gasteiger partial charge in [-0.3, -0.25) is 0 Å². The van der Waals surface area contributed by atoms with Gasteiger partial charge in [0.2, 0.25) is 5.95 Å². The molecule has 0 aliphatic carbocycles. The minimum atomic E-state index is 0.358. The highest BCUT2D eigenvalue weighted by molar-refractivity contribution is 5.41. The van der Waals surface area contributed by atoms with Crippen LogP contribution in [0.25, 0.3) is 0 Å². The molecule has 0 bridgehead atoms. The van der Waals surface area contributed by atoms with Gasteiger partial charge < -0.3 is 10.6 Å². The SMILES string of the molecule is C[C@H]1CCN(c2ccnc(N)n2)C1. The zero-order valence-corrected chi connectivity index (χ0v) is 7.77. The lowest BCUT2D eigenvalue weighted by atomic mass is 10.2. The first-order valence-corrected chi connectivity index (χ1v) is 4.59. The Balaban J connectivity index is 2.16. The maximum atomic E-state index is 5.51. The van der Waals surface area contributed by atoms with E-state index in [2.05, 4.69) is 21.8 Å². The summed E-state index contributed by atoms with van der Waals surface area (Å²) in [6.07, 6.45) is 2.95. The molecule has 0 spiro atoms. The second-order valence-corrected chi connectivity index (χ2v) is 3.61. The van der Waals surface area contributed by atoms with Crippen molar-refractivity contribution in [1.29, 1.82) is 0 Å². The first-order valence-electron chi connectivity index (χ1n) is 4.59. The highest BCUT2D eigenvalue weighted by Crippen LogP contribution is 2.21. The Labute approximate surface area is 77.8 Å². The molecule has 1 aliphatic rings. The number of nitrogen functional groups attached to an aromatic ring is 1. The van der Waals surface area contributed by atoms with E-state index in [0.717, 1.165) is 24.8 Å². The molecule has 1 saturated heterocycles. The minimum absolute atomic E-state index is 0.358. The number of rotatable bonds is 1. The van der Waals surface area contributed by atoms with Gasteiger partial charge in [-0.15, -0.1) is 0 Å². The summed E-state index contributed by atoms with van der Waals surface area (Å²) in [6, 6.07) is 1.91. The average Bonchev–Trinajstić information content (AvgIpc) is 2.52. The number of hydrogen-bond donors (Lipinski definition) is 1. The predicted octanol–water partition coefficient (Wildman–Crippen LogP) is 0.905. The normalized spacial score (nSPS) is 22.2. The van der Waals surface area contributed by atoms with E-state index in [-0.39, 0.29) is 0 Å². The van der Waals surface area contributed by atoms with Crippen LogP contribution in [0.5, 0.6) is 0 Å². The zero-order valence-electron chi connectivity index (χ0n) is 7.77. The lowest BCUT2D eigenvalue weighted by Gasteiger charge is -2.16. The molecule has 13 heavy (non-hydrogen) atoms. The second kappa shape index (κ2) is 3.20. The molecule has 0 amide bonds. The fourth-order valence-electron chi connectivity index (χ4n) is 1.68. The standard InChI is InChI=1S/C9H14N4/c1-7-3-5-13(6-7)8-2-4-11-9(10)12-8/h2,4,7H,3,5-6H2,1H3,(H2,10,11,12)/t7-/m0/s1. The molecule has 0 radical (unpaired) electrons. The third-order valence-corrected chi connectivity index (χ3v) is 2.41. The third-order valence-electron chi connectivity index (χ3n) is 2.41. The van der Waals surface area contributed by atoms with Crippen molar-refractivity contribution in [3.05, 3.63) is 12.3 Å². The van der Waals surface area contributed by atoms with Crippen LogP contribution in [0.4, 0.5) is 11.8 Å². The van der Waals surface area contributed by atoms with Crippen molar-refractivity contribution in [2.75, 3.05) is 23.7 Å². The number of hydrogen-bond acceptors (Lipinski definition) is 4. The van der Waals surface area contributed by atoms with Crippen LogP contribution in [0, 0.1) is 5.92 Å². The topological polar surface area (TPSA) is 55.0 Å². The van der Waals surface area contributed by atoms with Crippen LogP contribution in [0.2, 0.25) is 0 Å². The van der Waals surface area contributed by atoms with E-state index in [1.807, 2.05) is 6.07 Å². The van der Waals surface area contributed by atoms with Gasteiger partial charge in [0.05, 0.1) is 0 Å². The first-order chi connectivity index (χ1) is 6.25. The third kappa shape index (κ3) is 1.71. The summed E-state index contributed by atoms with van der Waals surface area (Å²) in [5.41, 5.74) is 5.51. The van der Waals surface area contributed by atoms with E-state index in [1.54, 1.807) is 6.20 Å². The fourth-order valence-corrected chi connectivity index (χ4v) is 1.68. The molecule has 0 saturated carbocycles. The molecular weight excluding hydrogens is 164 g/mol. The second-order valence-electron chi connectivity index (χ2n) is 3.61. The monoisotopic (exact) mass is 178 g/mol. The molecule has 2 N–H and O–H groups in total. The van der Waals surface area contributed by atoms with Gasteiger partial charge in [0, 0.05) is 19.3 Å². The Kier molecular flexibility index (Phi) is 2.04. The molecule has 1 atom stereocenters. The Morgan fingerprint density at radius 3 is 3.08 bits per heavy atom. The molecule has 0 unspecified atom stereocenters. The summed E-state index contributed by atoms with van der Waals surface area (Å²) in [4.78, 5) is 10.3. The van der Waals surface area contributed by atoms with Crippen molar-refractivity contribution in [2.24, 2.45) is 5.92 Å². The number of nitrogens with zero attached hydrogens (tertiary/aromatic N) is 3. The van der Waals surface area contributed by atoms with Crippen LogP contribution < -0.4 is 10.6 Å². The average molecular weight is 178 g/mol. The van der Waals surface area contributed by atoms with E-state index in [0.29, 0.717) is 5.95 Å². The van der Waals surface area contributed by atoms with Crippen LogP contribution >= 0.6 is 0 Å². The lowest BCUT2D eigenvalue weighted by Crippen LogP contribution is -2.20. The van der Waals surface area contributed by atoms with Gasteiger partial charge in [-0.05, 0) is 18.4 Å². The van der Waals surface area contributed by atoms with Gasteiger partial charge in [-0.25, -0.2) is 4.98 Å². The van der Waals surface area contributed by atoms with Crippen LogP contribution in [0.3, 0.4) is 0 Å². The van der Waals surface area contributed by atoms with Crippen molar-refractivity contribution in [3.8, 4) is 0 Å². The fraction of sp³-hybridized carbons (Fsp3) is 0.556. The molecule has 4 nitrogen and oxygen atoms in total. The van der Waals surface area contributed by atoms with E-state index in [4.69, 9.17) is 5.73 Å². The minimum Gasteiger partial charge on any atom is -0.368 e. The molecule has 1 aromatic heterocycles. The molecule has 4 heteroatoms. The summed E-state index contributed by atoms with van der Waals surface area (Å²) >= 11 is 0. The summed E-state index contributed by atoms with van der Waals surface area (Å²) < 4.78 is 0. The van der Waals surface area contributed by atoms with E-state index in [1.165, 1.54) is 6.42 Å². The highest BCUT2D eigenvalue weighted by atomic mass is 15.2. The number of anilines is 2. The van der Waals surface area contributed by atoms with Gasteiger partial charge in [0.1, 0.15) is 5.82 Å². The molecule has 0 aromatic carbocycles. The highest BCUT2D eigenvalue weighted by Gasteiger charge is 2.19. The molecule has 1 aliphatic heterocycles. The van der Waals surface area contributed by atoms with Gasteiger partial charge in [0.15, 0.2) is 0 Å². The Morgan fingerprint density at radius 2 is 2.46 bits per heavy atom. The van der Waals surface area contributed by atoms with Crippen LogP contribution in [0.1, 0.15) is 13.3 Å². The van der Waals surface area contributed by atoms with Crippen molar-refractivity contribution >= 4 is 11.8 Å². The van der Waals surface area contributed by atoms with Crippen molar-refractivity contribution in [2.45, 2.75) is 13.3 Å². The summed E-state index contributed by atoms with van der Waals surface area (Å²) in [5, 5.41) is 0. The lowest BCUT2D eigenvalue weighted by molar-refractivity contribution is 0.659. The molecule has 2 rings (SSSR count). The number of nitrogens with two attached hydrogens (primary N) is 1. The van der Waals surface area contributed by atoms with Crippen LogP contribution in [-0.2, 0) is 0 Å². The van der Waals surface area contributed by atoms with Crippen molar-refractivity contribution < 1.29 is 0 Å². The van der Waals surface area contributed by atoms with Crippen molar-refractivity contribution in [3.63, 3.8) is 0 Å². The largest absolute Gasteiger partial charge is 0.368 e.